The van der Waals surface area contributed by atoms with Crippen molar-refractivity contribution in [2.75, 3.05) is 44.8 Å². The van der Waals surface area contributed by atoms with Gasteiger partial charge in [0.05, 0.1) is 32.1 Å². The first-order valence-electron chi connectivity index (χ1n) is 13.9. The molecular formula is C31H30F3N5O7. The van der Waals surface area contributed by atoms with Crippen LogP contribution in [-0.2, 0) is 9.47 Å². The number of carbonyl (C=O) groups excluding carboxylic acids is 2. The second kappa shape index (κ2) is 16.1. The number of alkyl halides is 3. The number of hydrogen-bond donors (Lipinski definition) is 5. The fourth-order valence-electron chi connectivity index (χ4n) is 3.96. The summed E-state index contributed by atoms with van der Waals surface area (Å²) in [5.74, 6) is -1.37. The van der Waals surface area contributed by atoms with E-state index in [2.05, 4.69) is 30.7 Å². The monoisotopic (exact) mass is 641 g/mol. The van der Waals surface area contributed by atoms with Crippen molar-refractivity contribution in [1.82, 2.24) is 20.6 Å². The number of halogens is 3. The van der Waals surface area contributed by atoms with Crippen LogP contribution in [0.3, 0.4) is 0 Å². The largest absolute Gasteiger partial charge is 0.573 e. The molecule has 0 saturated carbocycles. The molecule has 0 bridgehead atoms. The van der Waals surface area contributed by atoms with Crippen molar-refractivity contribution >= 4 is 23.3 Å². The molecule has 242 valence electrons. The number of nitrogens with one attached hydrogen (secondary N) is 3. The Morgan fingerprint density at radius 2 is 1.39 bits per heavy atom. The number of hydrogen-bond acceptors (Lipinski definition) is 10. The van der Waals surface area contributed by atoms with Crippen LogP contribution < -0.4 is 20.7 Å². The van der Waals surface area contributed by atoms with E-state index in [-0.39, 0.29) is 68.2 Å². The van der Waals surface area contributed by atoms with Gasteiger partial charge in [-0.05, 0) is 54.6 Å². The molecule has 0 aliphatic heterocycles. The first-order valence-corrected chi connectivity index (χ1v) is 13.9. The van der Waals surface area contributed by atoms with E-state index in [1.54, 1.807) is 30.3 Å². The van der Waals surface area contributed by atoms with Crippen LogP contribution >= 0.6 is 0 Å². The minimum Gasteiger partial charge on any atom is -0.504 e. The van der Waals surface area contributed by atoms with Gasteiger partial charge in [-0.2, -0.15) is 0 Å². The first-order chi connectivity index (χ1) is 22.1. The summed E-state index contributed by atoms with van der Waals surface area (Å²) in [7, 11) is 0. The molecule has 15 heteroatoms. The molecular weight excluding hydrogens is 611 g/mol. The van der Waals surface area contributed by atoms with E-state index < -0.39 is 12.3 Å². The molecule has 0 unspecified atom stereocenters. The Balaban J connectivity index is 1.14. The van der Waals surface area contributed by atoms with Gasteiger partial charge < -0.3 is 40.4 Å². The average molecular weight is 642 g/mol. The van der Waals surface area contributed by atoms with E-state index in [4.69, 9.17) is 9.47 Å². The second-order valence-electron chi connectivity index (χ2n) is 9.51. The van der Waals surface area contributed by atoms with Gasteiger partial charge in [-0.25, -0.2) is 9.97 Å². The number of benzene rings is 3. The Morgan fingerprint density at radius 3 is 2.02 bits per heavy atom. The number of nitrogens with zero attached hydrogens (tertiary/aromatic N) is 2. The number of ether oxygens (including phenoxy) is 3. The van der Waals surface area contributed by atoms with Crippen molar-refractivity contribution in [1.29, 1.82) is 0 Å². The quantitative estimate of drug-likeness (QED) is 0.0929. The summed E-state index contributed by atoms with van der Waals surface area (Å²) < 4.78 is 51.9. The zero-order valence-electron chi connectivity index (χ0n) is 24.2. The van der Waals surface area contributed by atoms with Crippen molar-refractivity contribution < 1.29 is 47.2 Å². The molecule has 1 aromatic heterocycles. The Kier molecular flexibility index (Phi) is 11.7. The smallest absolute Gasteiger partial charge is 0.504 e. The van der Waals surface area contributed by atoms with E-state index in [1.165, 1.54) is 42.7 Å². The third-order valence-corrected chi connectivity index (χ3v) is 6.12. The van der Waals surface area contributed by atoms with Crippen LogP contribution in [0, 0.1) is 0 Å². The SMILES string of the molecule is O=C(NCCOCCOCCNC(=O)c1ccc(O)c(O)c1)c1cccc(-c2cc(Nc3ccc(OC(F)(F)F)cc3)ncn2)c1. The van der Waals surface area contributed by atoms with Crippen molar-refractivity contribution in [3.8, 4) is 28.5 Å². The normalized spacial score (nSPS) is 11.1. The molecule has 5 N–H and O–H groups in total. The van der Waals surface area contributed by atoms with Crippen LogP contribution in [0.4, 0.5) is 24.7 Å². The third kappa shape index (κ3) is 10.6. The van der Waals surface area contributed by atoms with Crippen LogP contribution in [0.25, 0.3) is 11.3 Å². The van der Waals surface area contributed by atoms with Crippen LogP contribution in [0.1, 0.15) is 20.7 Å². The van der Waals surface area contributed by atoms with Gasteiger partial charge in [-0.3, -0.25) is 9.59 Å². The van der Waals surface area contributed by atoms with E-state index >= 15 is 0 Å². The van der Waals surface area contributed by atoms with Gasteiger partial charge in [0.2, 0.25) is 0 Å². The van der Waals surface area contributed by atoms with Gasteiger partial charge in [-0.1, -0.05) is 12.1 Å². The Hall–Kier alpha value is -5.41. The highest BCUT2D eigenvalue weighted by Crippen LogP contribution is 2.27. The number of amides is 2. The number of anilines is 2. The summed E-state index contributed by atoms with van der Waals surface area (Å²) >= 11 is 0. The minimum atomic E-state index is -4.78. The second-order valence-corrected chi connectivity index (χ2v) is 9.51. The van der Waals surface area contributed by atoms with Crippen molar-refractivity contribution in [3.05, 3.63) is 90.3 Å². The van der Waals surface area contributed by atoms with Gasteiger partial charge in [0.15, 0.2) is 11.5 Å². The van der Waals surface area contributed by atoms with Crippen LogP contribution in [0.2, 0.25) is 0 Å². The molecule has 2 amide bonds. The molecule has 1 heterocycles. The van der Waals surface area contributed by atoms with Crippen LogP contribution in [0.5, 0.6) is 17.2 Å². The van der Waals surface area contributed by atoms with Gasteiger partial charge in [-0.15, -0.1) is 13.2 Å². The molecule has 46 heavy (non-hydrogen) atoms. The highest BCUT2D eigenvalue weighted by atomic mass is 19.4. The van der Waals surface area contributed by atoms with Gasteiger partial charge in [0.25, 0.3) is 11.8 Å². The molecule has 0 atom stereocenters. The maximum atomic E-state index is 12.7. The fourth-order valence-corrected chi connectivity index (χ4v) is 3.96. The number of aromatic nitrogens is 2. The van der Waals surface area contributed by atoms with Crippen molar-refractivity contribution in [3.63, 3.8) is 0 Å². The number of aromatic hydroxyl groups is 2. The van der Waals surface area contributed by atoms with Gasteiger partial charge in [0, 0.05) is 41.5 Å². The summed E-state index contributed by atoms with van der Waals surface area (Å²) in [5, 5.41) is 27.2. The lowest BCUT2D eigenvalue weighted by molar-refractivity contribution is -0.274. The number of phenolic OH excluding ortho intramolecular Hbond substituents is 2. The van der Waals surface area contributed by atoms with Gasteiger partial charge in [0.1, 0.15) is 17.9 Å². The molecule has 0 fully saturated rings. The molecule has 3 aromatic carbocycles. The molecule has 0 radical (unpaired) electrons. The Morgan fingerprint density at radius 1 is 0.739 bits per heavy atom. The van der Waals surface area contributed by atoms with E-state index in [0.29, 0.717) is 28.3 Å². The molecule has 0 spiro atoms. The molecule has 4 aromatic rings. The highest BCUT2D eigenvalue weighted by Gasteiger charge is 2.31. The zero-order chi connectivity index (χ0) is 32.9. The Labute approximate surface area is 261 Å². The molecule has 12 nitrogen and oxygen atoms in total. The standard InChI is InChI=1S/C31H30F3N5O7/c32-31(33,34)46-24-7-5-23(6-8-24)39-28-18-25(37-19-38-28)20-2-1-3-21(16-20)29(42)35-10-12-44-14-15-45-13-11-36-30(43)22-4-9-26(40)27(41)17-22/h1-9,16-19,40-41H,10-15H2,(H,35,42)(H,36,43)(H,37,38,39). The molecule has 0 aliphatic rings. The van der Waals surface area contributed by atoms with E-state index in [1.807, 2.05) is 0 Å². The number of phenols is 2. The summed E-state index contributed by atoms with van der Waals surface area (Å²) in [6, 6.07) is 17.4. The lowest BCUT2D eigenvalue weighted by atomic mass is 10.1. The molecule has 4 rings (SSSR count). The zero-order valence-corrected chi connectivity index (χ0v) is 24.2. The maximum absolute atomic E-state index is 12.7. The first kappa shape index (κ1) is 33.5. The Bertz CT molecular complexity index is 1620. The van der Waals surface area contributed by atoms with E-state index in [0.717, 1.165) is 6.07 Å². The van der Waals surface area contributed by atoms with Crippen LogP contribution in [-0.4, -0.2) is 77.9 Å². The summed E-state index contributed by atoms with van der Waals surface area (Å²) in [5.41, 5.74) is 2.26. The summed E-state index contributed by atoms with van der Waals surface area (Å²) in [4.78, 5) is 33.1. The predicted molar refractivity (Wildman–Crippen MR) is 160 cm³/mol. The number of rotatable bonds is 15. The summed E-state index contributed by atoms with van der Waals surface area (Å²) in [6.07, 6.45) is -3.45. The molecule has 0 saturated heterocycles. The maximum Gasteiger partial charge on any atom is 0.573 e. The van der Waals surface area contributed by atoms with Crippen molar-refractivity contribution in [2.45, 2.75) is 6.36 Å². The summed E-state index contributed by atoms with van der Waals surface area (Å²) in [6.45, 7) is 1.54. The topological polar surface area (TPSA) is 164 Å². The van der Waals surface area contributed by atoms with E-state index in [9.17, 15) is 33.0 Å². The number of carbonyl (C=O) groups is 2. The lowest BCUT2D eigenvalue weighted by Crippen LogP contribution is -2.28. The highest BCUT2D eigenvalue weighted by molar-refractivity contribution is 5.95. The molecule has 0 aliphatic carbocycles. The predicted octanol–water partition coefficient (Wildman–Crippen LogP) is 4.39. The minimum absolute atomic E-state index is 0.205. The fraction of sp³-hybridized carbons (Fsp3) is 0.226. The van der Waals surface area contributed by atoms with Crippen molar-refractivity contribution in [2.24, 2.45) is 0 Å². The average Bonchev–Trinajstić information content (AvgIpc) is 3.03. The van der Waals surface area contributed by atoms with Gasteiger partial charge >= 0.3 is 6.36 Å². The lowest BCUT2D eigenvalue weighted by Gasteiger charge is -2.11. The third-order valence-electron chi connectivity index (χ3n) is 6.12. The van der Waals surface area contributed by atoms with Crippen LogP contribution in [0.15, 0.2) is 79.1 Å².